The molecule has 0 aliphatic carbocycles. The third-order valence-corrected chi connectivity index (χ3v) is 4.13. The Morgan fingerprint density at radius 2 is 2.21 bits per heavy atom. The Morgan fingerprint density at radius 3 is 2.95 bits per heavy atom. The Kier molecular flexibility index (Phi) is 3.70. The molecule has 0 bridgehead atoms. The predicted molar refractivity (Wildman–Crippen MR) is 75.2 cm³/mol. The number of aromatic nitrogens is 4. The maximum atomic E-state index is 5.81. The van der Waals surface area contributed by atoms with Crippen molar-refractivity contribution < 1.29 is 4.74 Å². The van der Waals surface area contributed by atoms with Gasteiger partial charge >= 0.3 is 0 Å². The van der Waals surface area contributed by atoms with E-state index in [1.165, 1.54) is 6.42 Å². The summed E-state index contributed by atoms with van der Waals surface area (Å²) in [5.74, 6) is 0. The van der Waals surface area contributed by atoms with E-state index < -0.39 is 0 Å². The van der Waals surface area contributed by atoms with Crippen LogP contribution in [0.1, 0.15) is 39.3 Å². The minimum atomic E-state index is 0.0746. The Morgan fingerprint density at radius 1 is 1.32 bits per heavy atom. The highest BCUT2D eigenvalue weighted by Gasteiger charge is 2.20. The van der Waals surface area contributed by atoms with Crippen LogP contribution in [0.5, 0.6) is 0 Å². The van der Waals surface area contributed by atoms with Gasteiger partial charge in [-0.05, 0) is 19.3 Å². The molecule has 102 valence electrons. The number of fused-ring (bicyclic) bond motifs is 1. The van der Waals surface area contributed by atoms with Crippen molar-refractivity contribution in [3.8, 4) is 0 Å². The molecule has 1 aliphatic heterocycles. The summed E-state index contributed by atoms with van der Waals surface area (Å²) in [5, 5.41) is 1.43. The molecular formula is C13H18N4OS. The van der Waals surface area contributed by atoms with E-state index in [9.17, 15) is 0 Å². The van der Waals surface area contributed by atoms with Gasteiger partial charge in [0, 0.05) is 11.9 Å². The van der Waals surface area contributed by atoms with E-state index in [1.807, 2.05) is 10.9 Å². The van der Waals surface area contributed by atoms with Crippen LogP contribution >= 0.6 is 11.8 Å². The lowest BCUT2D eigenvalue weighted by molar-refractivity contribution is -0.0298. The van der Waals surface area contributed by atoms with Crippen molar-refractivity contribution in [2.75, 3.05) is 6.61 Å². The summed E-state index contributed by atoms with van der Waals surface area (Å²) in [6.07, 6.45) is 6.90. The first kappa shape index (κ1) is 12.9. The fourth-order valence-corrected chi connectivity index (χ4v) is 3.10. The number of ether oxygens (including phenoxy) is 1. The molecule has 0 radical (unpaired) electrons. The van der Waals surface area contributed by atoms with Crippen molar-refractivity contribution in [2.45, 2.75) is 49.6 Å². The summed E-state index contributed by atoms with van der Waals surface area (Å²) >= 11 is 1.72. The van der Waals surface area contributed by atoms with Crippen molar-refractivity contribution in [1.82, 2.24) is 19.5 Å². The van der Waals surface area contributed by atoms with E-state index in [1.54, 1.807) is 18.1 Å². The Balaban J connectivity index is 1.98. The molecule has 0 spiro atoms. The lowest BCUT2D eigenvalue weighted by atomic mass is 10.2. The second-order valence-corrected chi connectivity index (χ2v) is 6.56. The monoisotopic (exact) mass is 278 g/mol. The van der Waals surface area contributed by atoms with Gasteiger partial charge in [0.05, 0.1) is 6.33 Å². The van der Waals surface area contributed by atoms with Crippen molar-refractivity contribution in [3.05, 3.63) is 12.7 Å². The Labute approximate surface area is 116 Å². The number of hydrogen-bond donors (Lipinski definition) is 0. The van der Waals surface area contributed by atoms with Crippen LogP contribution in [-0.4, -0.2) is 31.4 Å². The first-order valence-corrected chi connectivity index (χ1v) is 7.59. The van der Waals surface area contributed by atoms with E-state index in [4.69, 9.17) is 4.74 Å². The van der Waals surface area contributed by atoms with Gasteiger partial charge in [-0.25, -0.2) is 15.0 Å². The molecule has 3 heterocycles. The first-order chi connectivity index (χ1) is 9.25. The summed E-state index contributed by atoms with van der Waals surface area (Å²) in [7, 11) is 0. The number of hydrogen-bond acceptors (Lipinski definition) is 5. The van der Waals surface area contributed by atoms with Crippen LogP contribution in [0.4, 0.5) is 0 Å². The molecule has 5 nitrogen and oxygen atoms in total. The first-order valence-electron chi connectivity index (χ1n) is 6.71. The fourth-order valence-electron chi connectivity index (χ4n) is 2.29. The van der Waals surface area contributed by atoms with E-state index in [0.717, 1.165) is 35.6 Å². The highest BCUT2D eigenvalue weighted by atomic mass is 32.2. The molecule has 1 fully saturated rings. The molecule has 0 aromatic carbocycles. The number of rotatable bonds is 3. The Bertz CT molecular complexity index is 563. The van der Waals surface area contributed by atoms with Gasteiger partial charge in [-0.3, -0.25) is 4.57 Å². The summed E-state index contributed by atoms with van der Waals surface area (Å²) in [4.78, 5) is 13.2. The minimum Gasteiger partial charge on any atom is -0.358 e. The topological polar surface area (TPSA) is 52.8 Å². The van der Waals surface area contributed by atoms with Crippen LogP contribution in [-0.2, 0) is 4.74 Å². The summed E-state index contributed by atoms with van der Waals surface area (Å²) < 4.78 is 7.85. The van der Waals surface area contributed by atoms with E-state index in [2.05, 4.69) is 28.8 Å². The number of nitrogens with zero attached hydrogens (tertiary/aromatic N) is 4. The summed E-state index contributed by atoms with van der Waals surface area (Å²) in [6.45, 7) is 5.13. The molecule has 1 atom stereocenters. The van der Waals surface area contributed by atoms with Gasteiger partial charge in [-0.1, -0.05) is 13.8 Å². The molecule has 6 heteroatoms. The minimum absolute atomic E-state index is 0.0746. The molecule has 2 aromatic rings. The van der Waals surface area contributed by atoms with Crippen molar-refractivity contribution in [3.63, 3.8) is 0 Å². The Hall–Kier alpha value is -1.14. The maximum absolute atomic E-state index is 5.81. The van der Waals surface area contributed by atoms with Gasteiger partial charge in [0.1, 0.15) is 23.1 Å². The van der Waals surface area contributed by atoms with Crippen LogP contribution < -0.4 is 0 Å². The van der Waals surface area contributed by atoms with Crippen molar-refractivity contribution in [2.24, 2.45) is 0 Å². The van der Waals surface area contributed by atoms with E-state index >= 15 is 0 Å². The molecule has 0 saturated carbocycles. The lowest BCUT2D eigenvalue weighted by Gasteiger charge is -2.23. The van der Waals surface area contributed by atoms with Crippen LogP contribution in [0.2, 0.25) is 0 Å². The molecule has 1 saturated heterocycles. The van der Waals surface area contributed by atoms with Gasteiger partial charge in [0.25, 0.3) is 0 Å². The fraction of sp³-hybridized carbons (Fsp3) is 0.615. The zero-order valence-corrected chi connectivity index (χ0v) is 12.1. The van der Waals surface area contributed by atoms with Crippen molar-refractivity contribution in [1.29, 1.82) is 0 Å². The third-order valence-electron chi connectivity index (χ3n) is 3.14. The predicted octanol–water partition coefficient (Wildman–Crippen LogP) is 3.03. The van der Waals surface area contributed by atoms with Gasteiger partial charge in [-0.15, -0.1) is 11.8 Å². The average Bonchev–Trinajstić information content (AvgIpc) is 2.84. The van der Waals surface area contributed by atoms with Crippen molar-refractivity contribution >= 4 is 22.9 Å². The highest BCUT2D eigenvalue weighted by molar-refractivity contribution is 8.00. The highest BCUT2D eigenvalue weighted by Crippen LogP contribution is 2.30. The van der Waals surface area contributed by atoms with Gasteiger partial charge < -0.3 is 4.74 Å². The molecule has 0 N–H and O–H groups in total. The van der Waals surface area contributed by atoms with E-state index in [-0.39, 0.29) is 6.23 Å². The SMILES string of the molecule is CC(C)Sc1ncnc2c1ncn2C1CCCCO1. The van der Waals surface area contributed by atoms with Crippen LogP contribution in [0.3, 0.4) is 0 Å². The molecule has 3 rings (SSSR count). The average molecular weight is 278 g/mol. The third kappa shape index (κ3) is 2.60. The molecule has 1 unspecified atom stereocenters. The van der Waals surface area contributed by atoms with E-state index in [0.29, 0.717) is 5.25 Å². The normalized spacial score (nSPS) is 20.3. The zero-order valence-electron chi connectivity index (χ0n) is 11.2. The van der Waals surface area contributed by atoms with Gasteiger partial charge in [-0.2, -0.15) is 0 Å². The molecule has 2 aromatic heterocycles. The summed E-state index contributed by atoms with van der Waals surface area (Å²) in [5.41, 5.74) is 1.76. The zero-order chi connectivity index (χ0) is 13.2. The van der Waals surface area contributed by atoms with Gasteiger partial charge in [0.15, 0.2) is 5.65 Å². The quantitative estimate of drug-likeness (QED) is 0.638. The molecule has 19 heavy (non-hydrogen) atoms. The smallest absolute Gasteiger partial charge is 0.166 e. The van der Waals surface area contributed by atoms with Gasteiger partial charge in [0.2, 0.25) is 0 Å². The molecule has 1 aliphatic rings. The summed E-state index contributed by atoms with van der Waals surface area (Å²) in [6, 6.07) is 0. The number of imidazole rings is 1. The number of thioether (sulfide) groups is 1. The largest absolute Gasteiger partial charge is 0.358 e. The lowest BCUT2D eigenvalue weighted by Crippen LogP contribution is -2.17. The maximum Gasteiger partial charge on any atom is 0.166 e. The second kappa shape index (κ2) is 5.46. The second-order valence-electron chi connectivity index (χ2n) is 4.99. The van der Waals surface area contributed by atoms with Crippen LogP contribution in [0.15, 0.2) is 17.7 Å². The van der Waals surface area contributed by atoms with Crippen LogP contribution in [0, 0.1) is 0 Å². The van der Waals surface area contributed by atoms with Crippen LogP contribution in [0.25, 0.3) is 11.2 Å². The molecular weight excluding hydrogens is 260 g/mol. The molecule has 0 amide bonds. The standard InChI is InChI=1S/C13H18N4OS/c1-9(2)19-13-11-12(14-7-15-13)17(8-16-11)10-5-3-4-6-18-10/h7-10H,3-6H2,1-2H3.